The zero-order chi connectivity index (χ0) is 29.6. The van der Waals surface area contributed by atoms with Crippen molar-refractivity contribution in [3.8, 4) is 0 Å². The third kappa shape index (κ3) is 7.53. The third-order valence-electron chi connectivity index (χ3n) is 8.80. The molecule has 0 aromatic heterocycles. The summed E-state index contributed by atoms with van der Waals surface area (Å²) in [7, 11) is 1.82. The number of halogens is 2. The molecule has 4 rings (SSSR count). The number of amides is 3. The summed E-state index contributed by atoms with van der Waals surface area (Å²) < 4.78 is 0. The minimum atomic E-state index is -1.07. The Hall–Kier alpha value is -2.81. The summed E-state index contributed by atoms with van der Waals surface area (Å²) in [6.07, 6.45) is 3.47. The first kappa shape index (κ1) is 31.1. The van der Waals surface area contributed by atoms with Gasteiger partial charge in [-0.1, -0.05) is 47.5 Å². The van der Waals surface area contributed by atoms with Crippen molar-refractivity contribution >= 4 is 41.1 Å². The molecule has 2 atom stereocenters. The molecular formula is C31H40Cl2N4O4. The number of nitrogens with zero attached hydrogens (tertiary/aromatic N) is 3. The molecule has 222 valence electrons. The maximum atomic E-state index is 13.1. The number of carboxylic acid groups (broad SMARTS) is 1. The van der Waals surface area contributed by atoms with Gasteiger partial charge in [-0.15, -0.1) is 0 Å². The van der Waals surface area contributed by atoms with Crippen LogP contribution in [0.1, 0.15) is 67.3 Å². The van der Waals surface area contributed by atoms with Gasteiger partial charge in [-0.05, 0) is 75.4 Å². The summed E-state index contributed by atoms with van der Waals surface area (Å²) in [5.41, 5.74) is 1.14. The van der Waals surface area contributed by atoms with Crippen molar-refractivity contribution in [3.05, 3.63) is 69.7 Å². The van der Waals surface area contributed by atoms with Crippen LogP contribution >= 0.6 is 23.2 Å². The Kier molecular flexibility index (Phi) is 10.6. The smallest absolute Gasteiger partial charge is 0.404 e. The summed E-state index contributed by atoms with van der Waals surface area (Å²) in [6.45, 7) is 5.37. The molecule has 0 spiro atoms. The molecule has 3 amide bonds. The predicted molar refractivity (Wildman–Crippen MR) is 162 cm³/mol. The molecule has 2 aliphatic rings. The van der Waals surface area contributed by atoms with E-state index in [1.807, 2.05) is 61.3 Å². The lowest BCUT2D eigenvalue weighted by Gasteiger charge is -2.53. The Balaban J connectivity index is 1.46. The maximum Gasteiger partial charge on any atom is 0.404 e. The Morgan fingerprint density at radius 2 is 1.76 bits per heavy atom. The predicted octanol–water partition coefficient (Wildman–Crippen LogP) is 5.74. The summed E-state index contributed by atoms with van der Waals surface area (Å²) >= 11 is 12.6. The number of likely N-dealkylation sites (N-methyl/N-ethyl adjacent to an activating group) is 1. The minimum Gasteiger partial charge on any atom is -0.465 e. The van der Waals surface area contributed by atoms with Gasteiger partial charge in [0.1, 0.15) is 0 Å². The zero-order valence-corrected chi connectivity index (χ0v) is 25.3. The van der Waals surface area contributed by atoms with Crippen LogP contribution in [0.5, 0.6) is 0 Å². The molecule has 2 fully saturated rings. The fourth-order valence-corrected chi connectivity index (χ4v) is 6.69. The number of carbonyl (C=O) groups is 3. The van der Waals surface area contributed by atoms with Gasteiger partial charge < -0.3 is 25.1 Å². The van der Waals surface area contributed by atoms with E-state index < -0.39 is 11.6 Å². The highest BCUT2D eigenvalue weighted by Crippen LogP contribution is 2.36. The molecule has 2 N–H and O–H groups in total. The summed E-state index contributed by atoms with van der Waals surface area (Å²) in [4.78, 5) is 43.7. The number of likely N-dealkylation sites (tertiary alicyclic amines) is 2. The quantitative estimate of drug-likeness (QED) is 0.361. The number of benzene rings is 2. The van der Waals surface area contributed by atoms with Crippen LogP contribution < -0.4 is 5.32 Å². The van der Waals surface area contributed by atoms with Gasteiger partial charge in [0.05, 0.1) is 21.6 Å². The van der Waals surface area contributed by atoms with Crippen molar-refractivity contribution in [1.29, 1.82) is 0 Å². The van der Waals surface area contributed by atoms with Crippen LogP contribution in [-0.2, 0) is 4.79 Å². The molecule has 10 heteroatoms. The fraction of sp³-hybridized carbons (Fsp3) is 0.516. The lowest BCUT2D eigenvalue weighted by Crippen LogP contribution is -2.67. The lowest BCUT2D eigenvalue weighted by atomic mass is 9.78. The minimum absolute atomic E-state index is 0.0328. The Labute approximate surface area is 252 Å². The molecule has 8 nitrogen and oxygen atoms in total. The fourth-order valence-electron chi connectivity index (χ4n) is 6.38. The van der Waals surface area contributed by atoms with Crippen molar-refractivity contribution in [1.82, 2.24) is 20.0 Å². The molecule has 2 unspecified atom stereocenters. The van der Waals surface area contributed by atoms with Gasteiger partial charge in [-0.25, -0.2) is 4.79 Å². The summed E-state index contributed by atoms with van der Waals surface area (Å²) in [6, 6.07) is 14.5. The number of carbonyl (C=O) groups excluding carboxylic acids is 2. The first-order valence-electron chi connectivity index (χ1n) is 14.4. The molecular weight excluding hydrogens is 563 g/mol. The molecule has 0 aliphatic carbocycles. The largest absolute Gasteiger partial charge is 0.465 e. The van der Waals surface area contributed by atoms with Gasteiger partial charge in [0, 0.05) is 51.1 Å². The maximum absolute atomic E-state index is 13.1. The van der Waals surface area contributed by atoms with Crippen molar-refractivity contribution in [3.63, 3.8) is 0 Å². The highest BCUT2D eigenvalue weighted by molar-refractivity contribution is 6.42. The lowest BCUT2D eigenvalue weighted by molar-refractivity contribution is -0.144. The molecule has 0 radical (unpaired) electrons. The second-order valence-electron chi connectivity index (χ2n) is 11.3. The topological polar surface area (TPSA) is 93.2 Å². The third-order valence-corrected chi connectivity index (χ3v) is 9.54. The van der Waals surface area contributed by atoms with E-state index in [4.69, 9.17) is 23.2 Å². The van der Waals surface area contributed by atoms with Crippen LogP contribution in [-0.4, -0.2) is 89.1 Å². The second-order valence-corrected chi connectivity index (χ2v) is 12.1. The van der Waals surface area contributed by atoms with Crippen LogP contribution in [0.3, 0.4) is 0 Å². The van der Waals surface area contributed by atoms with Crippen LogP contribution in [0.2, 0.25) is 10.0 Å². The van der Waals surface area contributed by atoms with E-state index in [0.717, 1.165) is 44.5 Å². The van der Waals surface area contributed by atoms with Crippen molar-refractivity contribution in [2.24, 2.45) is 0 Å². The van der Waals surface area contributed by atoms with Gasteiger partial charge in [0.25, 0.3) is 5.91 Å². The number of piperidine rings is 2. The monoisotopic (exact) mass is 602 g/mol. The average molecular weight is 604 g/mol. The molecule has 2 saturated heterocycles. The molecule has 2 heterocycles. The first-order chi connectivity index (χ1) is 19.6. The average Bonchev–Trinajstić information content (AvgIpc) is 2.97. The SMILES string of the molecule is CC(NC(=O)O)C1(N2CCCCC2=O)CCN(CCC(CN(C)C(=O)c2ccccc2)c2ccc(Cl)c(Cl)c2)CC1. The van der Waals surface area contributed by atoms with E-state index >= 15 is 0 Å². The molecule has 2 aliphatic heterocycles. The van der Waals surface area contributed by atoms with Crippen LogP contribution in [0.15, 0.2) is 48.5 Å². The number of hydrogen-bond acceptors (Lipinski definition) is 4. The van der Waals surface area contributed by atoms with E-state index in [9.17, 15) is 19.5 Å². The van der Waals surface area contributed by atoms with E-state index in [1.165, 1.54) is 0 Å². The summed E-state index contributed by atoms with van der Waals surface area (Å²) in [5.74, 6) is 0.115. The van der Waals surface area contributed by atoms with Gasteiger partial charge >= 0.3 is 6.09 Å². The highest BCUT2D eigenvalue weighted by Gasteiger charge is 2.47. The number of hydrogen-bond donors (Lipinski definition) is 2. The van der Waals surface area contributed by atoms with Crippen molar-refractivity contribution < 1.29 is 19.5 Å². The Morgan fingerprint density at radius 3 is 2.39 bits per heavy atom. The standard InChI is InChI=1S/C31H40Cl2N4O4/c1-22(34-30(40)41)31(37-16-7-6-10-28(37)38)14-18-36(19-15-31)17-13-25(24-11-12-26(32)27(33)20-24)21-35(2)29(39)23-8-4-3-5-9-23/h3-5,8-9,11-12,20,22,25,34H,6-7,10,13-19,21H2,1-2H3,(H,40,41). The van der Waals surface area contributed by atoms with Crippen LogP contribution in [0.4, 0.5) is 4.79 Å². The number of rotatable bonds is 10. The van der Waals surface area contributed by atoms with E-state index in [0.29, 0.717) is 48.0 Å². The van der Waals surface area contributed by atoms with E-state index in [2.05, 4.69) is 10.2 Å². The zero-order valence-electron chi connectivity index (χ0n) is 23.8. The molecule has 2 aromatic rings. The summed E-state index contributed by atoms with van der Waals surface area (Å²) in [5, 5.41) is 13.1. The van der Waals surface area contributed by atoms with E-state index in [-0.39, 0.29) is 23.8 Å². The Bertz CT molecular complexity index is 1220. The molecule has 0 bridgehead atoms. The second kappa shape index (κ2) is 13.9. The first-order valence-corrected chi connectivity index (χ1v) is 15.1. The van der Waals surface area contributed by atoms with Gasteiger partial charge in [-0.3, -0.25) is 9.59 Å². The van der Waals surface area contributed by atoms with E-state index in [1.54, 1.807) is 11.0 Å². The van der Waals surface area contributed by atoms with Gasteiger partial charge in [0.15, 0.2) is 0 Å². The van der Waals surface area contributed by atoms with Gasteiger partial charge in [0.2, 0.25) is 5.91 Å². The van der Waals surface area contributed by atoms with Gasteiger partial charge in [-0.2, -0.15) is 0 Å². The Morgan fingerprint density at radius 1 is 1.05 bits per heavy atom. The van der Waals surface area contributed by atoms with Crippen LogP contribution in [0, 0.1) is 0 Å². The molecule has 2 aromatic carbocycles. The van der Waals surface area contributed by atoms with Crippen molar-refractivity contribution in [2.75, 3.05) is 39.8 Å². The molecule has 41 heavy (non-hydrogen) atoms. The molecule has 0 saturated carbocycles. The van der Waals surface area contributed by atoms with Crippen molar-refractivity contribution in [2.45, 2.75) is 62.9 Å². The highest BCUT2D eigenvalue weighted by atomic mass is 35.5. The number of nitrogens with one attached hydrogen (secondary N) is 1. The van der Waals surface area contributed by atoms with Crippen LogP contribution in [0.25, 0.3) is 0 Å². The normalized spacial score (nSPS) is 18.9.